The molecule has 0 aliphatic heterocycles. The van der Waals surface area contributed by atoms with Gasteiger partial charge in [-0.3, -0.25) is 0 Å². The van der Waals surface area contributed by atoms with Crippen molar-refractivity contribution < 1.29 is 4.39 Å². The molecule has 3 heteroatoms. The molecule has 0 spiro atoms. The van der Waals surface area contributed by atoms with Gasteiger partial charge in [0, 0.05) is 11.1 Å². The summed E-state index contributed by atoms with van der Waals surface area (Å²) in [6.45, 7) is 2.17. The summed E-state index contributed by atoms with van der Waals surface area (Å²) in [7, 11) is 1.96. The Hall–Kier alpha value is -1.38. The normalized spacial score (nSPS) is 14.0. The Morgan fingerprint density at radius 2 is 1.85 bits per heavy atom. The van der Waals surface area contributed by atoms with E-state index in [1.165, 1.54) is 17.7 Å². The van der Waals surface area contributed by atoms with Crippen LogP contribution >= 0.6 is 11.6 Å². The van der Waals surface area contributed by atoms with Crippen LogP contribution in [0.1, 0.15) is 24.1 Å². The Labute approximate surface area is 124 Å². The molecule has 2 rings (SSSR count). The molecule has 0 fully saturated rings. The van der Waals surface area contributed by atoms with Crippen molar-refractivity contribution in [1.82, 2.24) is 5.32 Å². The van der Waals surface area contributed by atoms with E-state index in [1.54, 1.807) is 6.07 Å². The minimum absolute atomic E-state index is 0.248. The lowest BCUT2D eigenvalue weighted by Crippen LogP contribution is -2.25. The van der Waals surface area contributed by atoms with Crippen molar-refractivity contribution in [3.63, 3.8) is 0 Å². The zero-order chi connectivity index (χ0) is 14.5. The first kappa shape index (κ1) is 15.0. The smallest absolute Gasteiger partial charge is 0.124 e. The Bertz CT molecular complexity index is 556. The molecule has 0 radical (unpaired) electrons. The second kappa shape index (κ2) is 6.87. The fraction of sp³-hybridized carbons (Fsp3) is 0.294. The monoisotopic (exact) mass is 291 g/mol. The largest absolute Gasteiger partial charge is 0.313 e. The van der Waals surface area contributed by atoms with Gasteiger partial charge in [-0.1, -0.05) is 54.9 Å². The first-order chi connectivity index (χ1) is 9.61. The molecule has 0 aliphatic carbocycles. The van der Waals surface area contributed by atoms with Gasteiger partial charge in [0.25, 0.3) is 0 Å². The summed E-state index contributed by atoms with van der Waals surface area (Å²) in [5, 5.41) is 3.85. The van der Waals surface area contributed by atoms with Crippen molar-refractivity contribution >= 4 is 11.6 Å². The fourth-order valence-corrected chi connectivity index (χ4v) is 2.84. The van der Waals surface area contributed by atoms with Crippen LogP contribution < -0.4 is 5.32 Å². The number of hydrogen-bond donors (Lipinski definition) is 1. The summed E-state index contributed by atoms with van der Waals surface area (Å²) in [6.07, 6.45) is 0.805. The van der Waals surface area contributed by atoms with Crippen LogP contribution in [0.15, 0.2) is 48.5 Å². The van der Waals surface area contributed by atoms with Gasteiger partial charge in [0.15, 0.2) is 0 Å². The standard InChI is InChI=1S/C17H19ClFN/c1-12(10-14-8-9-15(19)11-16(14)18)17(20-2)13-6-4-3-5-7-13/h3-9,11-12,17,20H,10H2,1-2H3. The van der Waals surface area contributed by atoms with E-state index in [0.717, 1.165) is 12.0 Å². The fourth-order valence-electron chi connectivity index (χ4n) is 2.59. The van der Waals surface area contributed by atoms with Gasteiger partial charge in [-0.05, 0) is 42.6 Å². The molecule has 0 saturated carbocycles. The molecule has 0 aliphatic rings. The minimum atomic E-state index is -0.292. The molecule has 2 unspecified atom stereocenters. The maximum atomic E-state index is 13.1. The molecule has 0 amide bonds. The Balaban J connectivity index is 2.15. The second-order valence-electron chi connectivity index (χ2n) is 5.09. The van der Waals surface area contributed by atoms with Crippen molar-refractivity contribution in [3.05, 3.63) is 70.5 Å². The van der Waals surface area contributed by atoms with Crippen LogP contribution in [-0.2, 0) is 6.42 Å². The summed E-state index contributed by atoms with van der Waals surface area (Å²) in [6, 6.07) is 15.2. The molecule has 106 valence electrons. The van der Waals surface area contributed by atoms with Crippen molar-refractivity contribution in [2.24, 2.45) is 5.92 Å². The lowest BCUT2D eigenvalue weighted by molar-refractivity contribution is 0.409. The molecule has 20 heavy (non-hydrogen) atoms. The highest BCUT2D eigenvalue weighted by atomic mass is 35.5. The third kappa shape index (κ3) is 3.59. The van der Waals surface area contributed by atoms with Gasteiger partial charge in [0.2, 0.25) is 0 Å². The number of halogens is 2. The Kier molecular flexibility index (Phi) is 5.16. The summed E-state index contributed by atoms with van der Waals surface area (Å²) in [5.74, 6) is 0.0602. The van der Waals surface area contributed by atoms with E-state index in [9.17, 15) is 4.39 Å². The number of rotatable bonds is 5. The Morgan fingerprint density at radius 3 is 2.45 bits per heavy atom. The van der Waals surface area contributed by atoms with Crippen molar-refractivity contribution in [2.75, 3.05) is 7.05 Å². The topological polar surface area (TPSA) is 12.0 Å². The maximum absolute atomic E-state index is 13.1. The highest BCUT2D eigenvalue weighted by Crippen LogP contribution is 2.27. The van der Waals surface area contributed by atoms with E-state index in [-0.39, 0.29) is 11.9 Å². The maximum Gasteiger partial charge on any atom is 0.124 e. The van der Waals surface area contributed by atoms with Gasteiger partial charge >= 0.3 is 0 Å². The lowest BCUT2D eigenvalue weighted by atomic mass is 9.89. The quantitative estimate of drug-likeness (QED) is 0.848. The van der Waals surface area contributed by atoms with Gasteiger partial charge in [-0.15, -0.1) is 0 Å². The number of benzene rings is 2. The molecule has 0 heterocycles. The van der Waals surface area contributed by atoms with Crippen molar-refractivity contribution in [1.29, 1.82) is 0 Å². The predicted octanol–water partition coefficient (Wildman–Crippen LogP) is 4.62. The molecule has 1 nitrogen and oxygen atoms in total. The van der Waals surface area contributed by atoms with Crippen molar-refractivity contribution in [3.8, 4) is 0 Å². The molecular weight excluding hydrogens is 273 g/mol. The van der Waals surface area contributed by atoms with Crippen LogP contribution in [0.2, 0.25) is 5.02 Å². The van der Waals surface area contributed by atoms with Crippen molar-refractivity contribution in [2.45, 2.75) is 19.4 Å². The zero-order valence-corrected chi connectivity index (χ0v) is 12.5. The molecule has 0 saturated heterocycles. The van der Waals surface area contributed by atoms with Crippen LogP contribution in [0.25, 0.3) is 0 Å². The van der Waals surface area contributed by atoms with E-state index in [4.69, 9.17) is 11.6 Å². The molecule has 2 atom stereocenters. The van der Waals surface area contributed by atoms with Gasteiger partial charge < -0.3 is 5.32 Å². The third-order valence-corrected chi connectivity index (χ3v) is 3.95. The van der Waals surface area contributed by atoms with E-state index >= 15 is 0 Å². The van der Waals surface area contributed by atoms with Crippen LogP contribution in [0.4, 0.5) is 4.39 Å². The van der Waals surface area contributed by atoms with E-state index in [2.05, 4.69) is 24.4 Å². The summed E-state index contributed by atoms with van der Waals surface area (Å²) >= 11 is 6.11. The average Bonchev–Trinajstić information content (AvgIpc) is 2.44. The number of nitrogens with one attached hydrogen (secondary N) is 1. The van der Waals surface area contributed by atoms with Crippen LogP contribution in [0, 0.1) is 11.7 Å². The van der Waals surface area contributed by atoms with Gasteiger partial charge in [0.05, 0.1) is 0 Å². The summed E-state index contributed by atoms with van der Waals surface area (Å²) in [4.78, 5) is 0. The predicted molar refractivity (Wildman–Crippen MR) is 82.5 cm³/mol. The summed E-state index contributed by atoms with van der Waals surface area (Å²) < 4.78 is 13.1. The van der Waals surface area contributed by atoms with Gasteiger partial charge in [0.1, 0.15) is 5.82 Å². The molecule has 1 N–H and O–H groups in total. The van der Waals surface area contributed by atoms with E-state index in [1.807, 2.05) is 25.2 Å². The van der Waals surface area contributed by atoms with E-state index in [0.29, 0.717) is 10.9 Å². The molecule has 2 aromatic rings. The van der Waals surface area contributed by atoms with Crippen LogP contribution in [-0.4, -0.2) is 7.05 Å². The first-order valence-corrected chi connectivity index (χ1v) is 7.15. The van der Waals surface area contributed by atoms with Gasteiger partial charge in [-0.25, -0.2) is 4.39 Å². The lowest BCUT2D eigenvalue weighted by Gasteiger charge is -2.24. The summed E-state index contributed by atoms with van der Waals surface area (Å²) in [5.41, 5.74) is 2.23. The van der Waals surface area contributed by atoms with E-state index < -0.39 is 0 Å². The SMILES string of the molecule is CNC(c1ccccc1)C(C)Cc1ccc(F)cc1Cl. The molecule has 2 aromatic carbocycles. The molecule has 0 bridgehead atoms. The van der Waals surface area contributed by atoms with Crippen LogP contribution in [0.5, 0.6) is 0 Å². The molecule has 0 aromatic heterocycles. The average molecular weight is 292 g/mol. The molecular formula is C17H19ClFN. The minimum Gasteiger partial charge on any atom is -0.313 e. The highest BCUT2D eigenvalue weighted by molar-refractivity contribution is 6.31. The third-order valence-electron chi connectivity index (χ3n) is 3.60. The van der Waals surface area contributed by atoms with Crippen LogP contribution in [0.3, 0.4) is 0 Å². The Morgan fingerprint density at radius 1 is 1.15 bits per heavy atom. The zero-order valence-electron chi connectivity index (χ0n) is 11.7. The number of hydrogen-bond acceptors (Lipinski definition) is 1. The second-order valence-corrected chi connectivity index (χ2v) is 5.50. The van der Waals surface area contributed by atoms with Gasteiger partial charge in [-0.2, -0.15) is 0 Å². The highest BCUT2D eigenvalue weighted by Gasteiger charge is 2.18. The first-order valence-electron chi connectivity index (χ1n) is 6.78.